The van der Waals surface area contributed by atoms with Gasteiger partial charge in [-0.25, -0.2) is 4.39 Å². The van der Waals surface area contributed by atoms with E-state index in [4.69, 9.17) is 9.47 Å². The fourth-order valence-electron chi connectivity index (χ4n) is 3.69. The number of rotatable bonds is 12. The summed E-state index contributed by atoms with van der Waals surface area (Å²) in [7, 11) is 1.52. The summed E-state index contributed by atoms with van der Waals surface area (Å²) in [6.45, 7) is 2.03. The second kappa shape index (κ2) is 13.1. The largest absolute Gasteiger partial charge is 0.493 e. The van der Waals surface area contributed by atoms with Crippen molar-refractivity contribution < 1.29 is 23.5 Å². The van der Waals surface area contributed by atoms with E-state index in [1.807, 2.05) is 37.3 Å². The second-order valence-electron chi connectivity index (χ2n) is 8.05. The highest BCUT2D eigenvalue weighted by Crippen LogP contribution is 2.26. The van der Waals surface area contributed by atoms with Crippen LogP contribution in [0.5, 0.6) is 11.5 Å². The Balaban J connectivity index is 1.91. The standard InChI is InChI=1S/C28H31FN2O4/c1-3-17-30-28(33)24(18-21-11-5-4-6-12-21)31(19-22-13-7-8-14-23(22)29)27(32)20-35-26-16-10-9-15-25(26)34-2/h4-16,24H,3,17-20H2,1-2H3,(H,30,33). The van der Waals surface area contributed by atoms with Crippen molar-refractivity contribution in [2.45, 2.75) is 32.4 Å². The molecule has 0 bridgehead atoms. The number of nitrogens with zero attached hydrogens (tertiary/aromatic N) is 1. The number of hydrogen-bond acceptors (Lipinski definition) is 4. The van der Waals surface area contributed by atoms with Crippen molar-refractivity contribution in [1.29, 1.82) is 0 Å². The van der Waals surface area contributed by atoms with E-state index in [1.54, 1.807) is 42.5 Å². The number of nitrogens with one attached hydrogen (secondary N) is 1. The Bertz CT molecular complexity index is 1110. The van der Waals surface area contributed by atoms with E-state index in [1.165, 1.54) is 18.1 Å². The molecule has 0 aliphatic rings. The summed E-state index contributed by atoms with van der Waals surface area (Å²) in [5.74, 6) is -0.278. The number of carbonyl (C=O) groups excluding carboxylic acids is 2. The minimum absolute atomic E-state index is 0.0716. The predicted octanol–water partition coefficient (Wildman–Crippen LogP) is 4.38. The van der Waals surface area contributed by atoms with Crippen LogP contribution in [0.1, 0.15) is 24.5 Å². The number of carbonyl (C=O) groups is 2. The Labute approximate surface area is 205 Å². The molecule has 6 nitrogen and oxygen atoms in total. The number of halogens is 1. The van der Waals surface area contributed by atoms with Crippen LogP contribution >= 0.6 is 0 Å². The molecular weight excluding hydrogens is 447 g/mol. The van der Waals surface area contributed by atoms with Crippen LogP contribution in [0.4, 0.5) is 4.39 Å². The summed E-state index contributed by atoms with van der Waals surface area (Å²) >= 11 is 0. The van der Waals surface area contributed by atoms with Crippen LogP contribution in [-0.2, 0) is 22.6 Å². The van der Waals surface area contributed by atoms with Crippen molar-refractivity contribution in [2.24, 2.45) is 0 Å². The average Bonchev–Trinajstić information content (AvgIpc) is 2.89. The van der Waals surface area contributed by atoms with Crippen LogP contribution in [-0.4, -0.2) is 43.0 Å². The molecule has 7 heteroatoms. The normalized spacial score (nSPS) is 11.4. The zero-order valence-electron chi connectivity index (χ0n) is 20.1. The fourth-order valence-corrected chi connectivity index (χ4v) is 3.69. The molecule has 184 valence electrons. The molecule has 0 saturated carbocycles. The van der Waals surface area contributed by atoms with E-state index < -0.39 is 17.8 Å². The molecule has 1 N–H and O–H groups in total. The first-order chi connectivity index (χ1) is 17.0. The van der Waals surface area contributed by atoms with Gasteiger partial charge in [0.05, 0.1) is 7.11 Å². The summed E-state index contributed by atoms with van der Waals surface area (Å²) < 4.78 is 25.6. The first-order valence-electron chi connectivity index (χ1n) is 11.6. The van der Waals surface area contributed by atoms with Gasteiger partial charge in [-0.15, -0.1) is 0 Å². The van der Waals surface area contributed by atoms with E-state index in [9.17, 15) is 14.0 Å². The Morgan fingerprint density at radius 2 is 1.60 bits per heavy atom. The van der Waals surface area contributed by atoms with Crippen LogP contribution in [0.25, 0.3) is 0 Å². The SMILES string of the molecule is CCCNC(=O)C(Cc1ccccc1)N(Cc1ccccc1F)C(=O)COc1ccccc1OC. The molecule has 0 spiro atoms. The van der Waals surface area contributed by atoms with Gasteiger partial charge in [0.25, 0.3) is 5.91 Å². The van der Waals surface area contributed by atoms with E-state index >= 15 is 0 Å². The van der Waals surface area contributed by atoms with Gasteiger partial charge in [0, 0.05) is 25.1 Å². The van der Waals surface area contributed by atoms with Crippen molar-refractivity contribution in [3.05, 3.63) is 95.8 Å². The maximum atomic E-state index is 14.6. The van der Waals surface area contributed by atoms with Crippen molar-refractivity contribution in [1.82, 2.24) is 10.2 Å². The highest BCUT2D eigenvalue weighted by atomic mass is 19.1. The van der Waals surface area contributed by atoms with Crippen LogP contribution in [0, 0.1) is 5.82 Å². The summed E-state index contributed by atoms with van der Waals surface area (Å²) in [6, 6.07) is 21.8. The topological polar surface area (TPSA) is 67.9 Å². The van der Waals surface area contributed by atoms with Crippen LogP contribution < -0.4 is 14.8 Å². The molecule has 35 heavy (non-hydrogen) atoms. The number of methoxy groups -OCH3 is 1. The third-order valence-corrected chi connectivity index (χ3v) is 5.54. The van der Waals surface area contributed by atoms with Crippen molar-refractivity contribution >= 4 is 11.8 Å². The van der Waals surface area contributed by atoms with Crippen molar-refractivity contribution in [3.63, 3.8) is 0 Å². The van der Waals surface area contributed by atoms with Crippen LogP contribution in [0.15, 0.2) is 78.9 Å². The van der Waals surface area contributed by atoms with E-state index in [2.05, 4.69) is 5.32 Å². The molecule has 0 aromatic heterocycles. The van der Waals surface area contributed by atoms with Gasteiger partial charge in [-0.1, -0.05) is 67.6 Å². The minimum atomic E-state index is -0.850. The van der Waals surface area contributed by atoms with Gasteiger partial charge in [0.1, 0.15) is 11.9 Å². The van der Waals surface area contributed by atoms with E-state index in [-0.39, 0.29) is 25.5 Å². The van der Waals surface area contributed by atoms with Gasteiger partial charge in [0.2, 0.25) is 5.91 Å². The van der Waals surface area contributed by atoms with E-state index in [0.717, 1.165) is 12.0 Å². The smallest absolute Gasteiger partial charge is 0.261 e. The molecule has 0 aliphatic carbocycles. The Hall–Kier alpha value is -3.87. The third kappa shape index (κ3) is 7.30. The van der Waals surface area contributed by atoms with Crippen molar-refractivity contribution in [2.75, 3.05) is 20.3 Å². The molecule has 0 fully saturated rings. The van der Waals surface area contributed by atoms with Crippen molar-refractivity contribution in [3.8, 4) is 11.5 Å². The minimum Gasteiger partial charge on any atom is -0.493 e. The molecule has 1 unspecified atom stereocenters. The first-order valence-corrected chi connectivity index (χ1v) is 11.6. The lowest BCUT2D eigenvalue weighted by atomic mass is 10.0. The summed E-state index contributed by atoms with van der Waals surface area (Å²) in [4.78, 5) is 28.1. The van der Waals surface area contributed by atoms with Crippen LogP contribution in [0.2, 0.25) is 0 Å². The number of para-hydroxylation sites is 2. The number of amides is 2. The second-order valence-corrected chi connectivity index (χ2v) is 8.05. The third-order valence-electron chi connectivity index (χ3n) is 5.54. The quantitative estimate of drug-likeness (QED) is 0.420. The molecule has 3 rings (SSSR count). The van der Waals surface area contributed by atoms with Crippen LogP contribution in [0.3, 0.4) is 0 Å². The zero-order chi connectivity index (χ0) is 25.0. The highest BCUT2D eigenvalue weighted by molar-refractivity contribution is 5.88. The number of benzene rings is 3. The van der Waals surface area contributed by atoms with Gasteiger partial charge < -0.3 is 19.7 Å². The van der Waals surface area contributed by atoms with E-state index in [0.29, 0.717) is 23.6 Å². The summed E-state index contributed by atoms with van der Waals surface area (Å²) in [5, 5.41) is 2.89. The molecule has 0 heterocycles. The summed E-state index contributed by atoms with van der Waals surface area (Å²) in [6.07, 6.45) is 1.03. The highest BCUT2D eigenvalue weighted by Gasteiger charge is 2.31. The number of hydrogen-bond donors (Lipinski definition) is 1. The maximum absolute atomic E-state index is 14.6. The Morgan fingerprint density at radius 3 is 2.29 bits per heavy atom. The van der Waals surface area contributed by atoms with Gasteiger partial charge in [-0.2, -0.15) is 0 Å². The molecule has 0 aliphatic heterocycles. The molecular formula is C28H31FN2O4. The Morgan fingerprint density at radius 1 is 0.943 bits per heavy atom. The van der Waals surface area contributed by atoms with Gasteiger partial charge in [-0.3, -0.25) is 9.59 Å². The lowest BCUT2D eigenvalue weighted by molar-refractivity contribution is -0.142. The predicted molar refractivity (Wildman–Crippen MR) is 133 cm³/mol. The zero-order valence-corrected chi connectivity index (χ0v) is 20.1. The van der Waals surface area contributed by atoms with Gasteiger partial charge in [0.15, 0.2) is 18.1 Å². The fraction of sp³-hybridized carbons (Fsp3) is 0.286. The Kier molecular flexibility index (Phi) is 9.66. The molecule has 0 radical (unpaired) electrons. The maximum Gasteiger partial charge on any atom is 0.261 e. The lowest BCUT2D eigenvalue weighted by Gasteiger charge is -2.31. The molecule has 1 atom stereocenters. The van der Waals surface area contributed by atoms with Gasteiger partial charge in [-0.05, 0) is 30.2 Å². The lowest BCUT2D eigenvalue weighted by Crippen LogP contribution is -2.52. The number of ether oxygens (including phenoxy) is 2. The molecule has 3 aromatic carbocycles. The first kappa shape index (κ1) is 25.7. The monoisotopic (exact) mass is 478 g/mol. The van der Waals surface area contributed by atoms with Gasteiger partial charge >= 0.3 is 0 Å². The summed E-state index contributed by atoms with van der Waals surface area (Å²) in [5.41, 5.74) is 1.21. The molecule has 0 saturated heterocycles. The molecule has 3 aromatic rings. The molecule has 2 amide bonds. The average molecular weight is 479 g/mol.